The van der Waals surface area contributed by atoms with Gasteiger partial charge >= 0.3 is 0 Å². The average Bonchev–Trinajstić information content (AvgIpc) is 2.94. The fraction of sp³-hybridized carbons (Fsp3) is 0.333. The fourth-order valence-corrected chi connectivity index (χ4v) is 5.21. The summed E-state index contributed by atoms with van der Waals surface area (Å²) in [7, 11) is -3.53. The highest BCUT2D eigenvalue weighted by molar-refractivity contribution is 7.92. The normalized spacial score (nSPS) is 21.6. The van der Waals surface area contributed by atoms with Crippen molar-refractivity contribution in [3.8, 4) is 0 Å². The Labute approximate surface area is 137 Å². The molecule has 0 unspecified atom stereocenters. The predicted octanol–water partition coefficient (Wildman–Crippen LogP) is 2.86. The molecular weight excluding hydrogens is 308 g/mol. The second kappa shape index (κ2) is 5.65. The van der Waals surface area contributed by atoms with Crippen molar-refractivity contribution < 1.29 is 8.42 Å². The van der Waals surface area contributed by atoms with Gasteiger partial charge in [-0.2, -0.15) is 0 Å². The Kier molecular flexibility index (Phi) is 3.62. The molecule has 2 heterocycles. The van der Waals surface area contributed by atoms with Crippen molar-refractivity contribution in [3.05, 3.63) is 60.2 Å². The van der Waals surface area contributed by atoms with Crippen LogP contribution in [0.1, 0.15) is 18.4 Å². The van der Waals surface area contributed by atoms with Crippen LogP contribution in [0.5, 0.6) is 0 Å². The number of nitrogens with zero attached hydrogens (tertiary/aromatic N) is 2. The molecule has 2 aliphatic heterocycles. The summed E-state index contributed by atoms with van der Waals surface area (Å²) in [6.45, 7) is 2.42. The van der Waals surface area contributed by atoms with E-state index in [0.29, 0.717) is 17.5 Å². The van der Waals surface area contributed by atoms with Gasteiger partial charge in [0, 0.05) is 19.1 Å². The first-order valence-electron chi connectivity index (χ1n) is 8.06. The van der Waals surface area contributed by atoms with Gasteiger partial charge in [0.15, 0.2) is 0 Å². The number of fused-ring (bicyclic) bond motifs is 2. The third kappa shape index (κ3) is 2.54. The highest BCUT2D eigenvalue weighted by Crippen LogP contribution is 2.34. The van der Waals surface area contributed by atoms with Crippen molar-refractivity contribution in [3.63, 3.8) is 0 Å². The number of hydrogen-bond donors (Lipinski definition) is 0. The second-order valence-electron chi connectivity index (χ2n) is 6.24. The minimum atomic E-state index is -3.53. The van der Waals surface area contributed by atoms with E-state index in [1.807, 2.05) is 30.3 Å². The van der Waals surface area contributed by atoms with E-state index in [1.54, 1.807) is 28.6 Å². The Bertz CT molecular complexity index is 805. The number of para-hydroxylation sites is 1. The number of hydrogen-bond acceptors (Lipinski definition) is 3. The van der Waals surface area contributed by atoms with Crippen molar-refractivity contribution in [1.29, 1.82) is 0 Å². The summed E-state index contributed by atoms with van der Waals surface area (Å²) in [5, 5.41) is 0. The van der Waals surface area contributed by atoms with E-state index in [9.17, 15) is 8.42 Å². The predicted molar refractivity (Wildman–Crippen MR) is 90.8 cm³/mol. The molecule has 4 nitrogen and oxygen atoms in total. The van der Waals surface area contributed by atoms with Gasteiger partial charge in [0.1, 0.15) is 0 Å². The quantitative estimate of drug-likeness (QED) is 0.851. The summed E-state index contributed by atoms with van der Waals surface area (Å²) in [5.74, 6) is 0. The van der Waals surface area contributed by atoms with Gasteiger partial charge in [0.25, 0.3) is 10.0 Å². The lowest BCUT2D eigenvalue weighted by Crippen LogP contribution is -2.40. The molecule has 0 radical (unpaired) electrons. The van der Waals surface area contributed by atoms with Gasteiger partial charge in [-0.05, 0) is 43.1 Å². The first-order valence-corrected chi connectivity index (χ1v) is 9.50. The van der Waals surface area contributed by atoms with E-state index in [4.69, 9.17) is 0 Å². The molecule has 0 aliphatic carbocycles. The fourth-order valence-electron chi connectivity index (χ4n) is 3.65. The summed E-state index contributed by atoms with van der Waals surface area (Å²) < 4.78 is 28.0. The number of anilines is 1. The lowest BCUT2D eigenvalue weighted by molar-refractivity contribution is 0.257. The van der Waals surface area contributed by atoms with Crippen LogP contribution in [0.2, 0.25) is 0 Å². The van der Waals surface area contributed by atoms with Crippen molar-refractivity contribution in [2.75, 3.05) is 17.4 Å². The summed E-state index contributed by atoms with van der Waals surface area (Å²) in [6.07, 6.45) is 2.21. The smallest absolute Gasteiger partial charge is 0.264 e. The molecule has 2 aromatic rings. The molecule has 0 bridgehead atoms. The molecule has 5 heteroatoms. The first kappa shape index (κ1) is 14.7. The zero-order valence-electron chi connectivity index (χ0n) is 12.9. The van der Waals surface area contributed by atoms with Gasteiger partial charge in [0.05, 0.1) is 10.6 Å². The molecule has 1 saturated heterocycles. The summed E-state index contributed by atoms with van der Waals surface area (Å²) in [4.78, 5) is 2.78. The van der Waals surface area contributed by atoms with E-state index >= 15 is 0 Å². The molecule has 4 rings (SSSR count). The van der Waals surface area contributed by atoms with Crippen molar-refractivity contribution in [2.45, 2.75) is 30.3 Å². The zero-order valence-corrected chi connectivity index (χ0v) is 13.7. The van der Waals surface area contributed by atoms with E-state index in [2.05, 4.69) is 4.90 Å². The van der Waals surface area contributed by atoms with Gasteiger partial charge in [-0.15, -0.1) is 0 Å². The van der Waals surface area contributed by atoms with Gasteiger partial charge in [0.2, 0.25) is 0 Å². The van der Waals surface area contributed by atoms with Crippen LogP contribution in [0.3, 0.4) is 0 Å². The molecule has 23 heavy (non-hydrogen) atoms. The van der Waals surface area contributed by atoms with Crippen LogP contribution >= 0.6 is 0 Å². The van der Waals surface area contributed by atoms with Crippen LogP contribution in [-0.4, -0.2) is 32.4 Å². The largest absolute Gasteiger partial charge is 0.294 e. The Balaban J connectivity index is 1.83. The lowest BCUT2D eigenvalue weighted by Gasteiger charge is -2.27. The topological polar surface area (TPSA) is 40.6 Å². The minimum absolute atomic E-state index is 0.306. The van der Waals surface area contributed by atoms with Crippen LogP contribution in [0.25, 0.3) is 0 Å². The average molecular weight is 328 g/mol. The third-order valence-corrected chi connectivity index (χ3v) is 6.63. The summed E-state index contributed by atoms with van der Waals surface area (Å²) >= 11 is 0. The van der Waals surface area contributed by atoms with Gasteiger partial charge in [-0.3, -0.25) is 9.21 Å². The van der Waals surface area contributed by atoms with Gasteiger partial charge in [-0.1, -0.05) is 36.4 Å². The Hall–Kier alpha value is -1.85. The zero-order chi connectivity index (χ0) is 15.9. The summed E-state index contributed by atoms with van der Waals surface area (Å²) in [6, 6.07) is 16.9. The number of benzene rings is 2. The Morgan fingerprint density at radius 2 is 1.70 bits per heavy atom. The molecule has 2 aliphatic rings. The molecule has 1 atom stereocenters. The standard InChI is InChI=1S/C18H20N2O2S/c21-23(22,17-9-2-1-3-10-17)20-14-16-8-6-12-19(16)13-15-7-4-5-11-18(15)20/h1-5,7,9-11,16H,6,8,12-14H2/t16-/m1/s1. The maximum atomic E-state index is 13.2. The molecule has 2 aromatic carbocycles. The van der Waals surface area contributed by atoms with E-state index in [1.165, 1.54) is 0 Å². The van der Waals surface area contributed by atoms with Crippen LogP contribution in [0.4, 0.5) is 5.69 Å². The first-order chi connectivity index (χ1) is 11.2. The third-order valence-electron chi connectivity index (χ3n) is 4.84. The maximum absolute atomic E-state index is 13.2. The van der Waals surface area contributed by atoms with Crippen LogP contribution < -0.4 is 4.31 Å². The van der Waals surface area contributed by atoms with E-state index in [-0.39, 0.29) is 0 Å². The van der Waals surface area contributed by atoms with Crippen molar-refractivity contribution >= 4 is 15.7 Å². The highest BCUT2D eigenvalue weighted by Gasteiger charge is 2.36. The highest BCUT2D eigenvalue weighted by atomic mass is 32.2. The minimum Gasteiger partial charge on any atom is -0.294 e. The lowest BCUT2D eigenvalue weighted by atomic mass is 10.2. The molecule has 0 spiro atoms. The van der Waals surface area contributed by atoms with Gasteiger partial charge in [-0.25, -0.2) is 8.42 Å². The Morgan fingerprint density at radius 3 is 2.52 bits per heavy atom. The van der Waals surface area contributed by atoms with E-state index < -0.39 is 10.0 Å². The molecule has 1 fully saturated rings. The van der Waals surface area contributed by atoms with Gasteiger partial charge < -0.3 is 0 Å². The second-order valence-corrected chi connectivity index (χ2v) is 8.11. The van der Waals surface area contributed by atoms with Crippen LogP contribution in [0, 0.1) is 0 Å². The molecule has 0 N–H and O–H groups in total. The molecule has 0 saturated carbocycles. The van der Waals surface area contributed by atoms with Crippen molar-refractivity contribution in [1.82, 2.24) is 4.90 Å². The number of rotatable bonds is 2. The SMILES string of the molecule is O=S(=O)(c1ccccc1)N1C[C@H]2CCCN2Cc2ccccc21. The van der Waals surface area contributed by atoms with Crippen molar-refractivity contribution in [2.24, 2.45) is 0 Å². The molecule has 0 aromatic heterocycles. The summed E-state index contributed by atoms with van der Waals surface area (Å²) in [5.41, 5.74) is 1.92. The maximum Gasteiger partial charge on any atom is 0.264 e. The number of sulfonamides is 1. The molecule has 0 amide bonds. The van der Waals surface area contributed by atoms with Crippen LogP contribution in [0.15, 0.2) is 59.5 Å². The molecule has 120 valence electrons. The molecular formula is C18H20N2O2S. The Morgan fingerprint density at radius 1 is 0.957 bits per heavy atom. The van der Waals surface area contributed by atoms with E-state index in [0.717, 1.165) is 37.2 Å². The van der Waals surface area contributed by atoms with Crippen LogP contribution in [-0.2, 0) is 16.6 Å². The monoisotopic (exact) mass is 328 g/mol.